The van der Waals surface area contributed by atoms with Crippen LogP contribution < -0.4 is 11.1 Å². The van der Waals surface area contributed by atoms with E-state index in [0.717, 1.165) is 6.07 Å². The van der Waals surface area contributed by atoms with Crippen LogP contribution in [0.25, 0.3) is 21.9 Å². The van der Waals surface area contributed by atoms with Crippen molar-refractivity contribution >= 4 is 22.3 Å². The summed E-state index contributed by atoms with van der Waals surface area (Å²) in [6.45, 7) is 4.56. The van der Waals surface area contributed by atoms with E-state index in [1.807, 2.05) is 13.8 Å². The zero-order chi connectivity index (χ0) is 18.1. The number of rotatable bonds is 4. The Labute approximate surface area is 143 Å². The molecule has 3 nitrogen and oxygen atoms in total. The van der Waals surface area contributed by atoms with Gasteiger partial charge in [0.25, 0.3) is 0 Å². The normalized spacial score (nSPS) is 11.3. The number of halogens is 3. The Morgan fingerprint density at radius 2 is 1.88 bits per heavy atom. The molecule has 0 saturated carbocycles. The van der Waals surface area contributed by atoms with Gasteiger partial charge >= 0.3 is 0 Å². The van der Waals surface area contributed by atoms with Gasteiger partial charge in [-0.1, -0.05) is 26.0 Å². The van der Waals surface area contributed by atoms with Gasteiger partial charge in [-0.15, -0.1) is 0 Å². The first-order valence-electron chi connectivity index (χ1n) is 7.94. The lowest BCUT2D eigenvalue weighted by Crippen LogP contribution is -2.10. The molecule has 0 aliphatic carbocycles. The summed E-state index contributed by atoms with van der Waals surface area (Å²) in [5.74, 6) is -3.36. The molecule has 6 heteroatoms. The van der Waals surface area contributed by atoms with Crippen molar-refractivity contribution in [3.63, 3.8) is 0 Å². The molecule has 1 aromatic heterocycles. The second-order valence-corrected chi connectivity index (χ2v) is 6.33. The van der Waals surface area contributed by atoms with Gasteiger partial charge in [-0.25, -0.2) is 18.2 Å². The largest absolute Gasteiger partial charge is 0.399 e. The summed E-state index contributed by atoms with van der Waals surface area (Å²) in [5, 5.41) is 3.23. The van der Waals surface area contributed by atoms with E-state index in [1.54, 1.807) is 24.3 Å². The van der Waals surface area contributed by atoms with Crippen molar-refractivity contribution in [2.24, 2.45) is 5.92 Å². The minimum absolute atomic E-state index is 0.0224. The summed E-state index contributed by atoms with van der Waals surface area (Å²) in [6.07, 6.45) is 1.44. The number of anilines is 2. The van der Waals surface area contributed by atoms with Crippen LogP contribution in [-0.4, -0.2) is 11.5 Å². The fourth-order valence-corrected chi connectivity index (χ4v) is 2.68. The van der Waals surface area contributed by atoms with Gasteiger partial charge in [0.15, 0.2) is 17.5 Å². The Bertz CT molecular complexity index is 939. The van der Waals surface area contributed by atoms with Crippen LogP contribution in [-0.2, 0) is 0 Å². The van der Waals surface area contributed by atoms with Crippen LogP contribution in [0.2, 0.25) is 0 Å². The van der Waals surface area contributed by atoms with Gasteiger partial charge in [0.1, 0.15) is 5.82 Å². The summed E-state index contributed by atoms with van der Waals surface area (Å²) in [4.78, 5) is 4.29. The van der Waals surface area contributed by atoms with E-state index < -0.39 is 17.5 Å². The molecule has 3 rings (SSSR count). The van der Waals surface area contributed by atoms with Crippen LogP contribution in [0.15, 0.2) is 36.5 Å². The third-order valence-electron chi connectivity index (χ3n) is 3.88. The predicted octanol–water partition coefficient (Wildman–Crippen LogP) is 4.97. The van der Waals surface area contributed by atoms with E-state index in [0.29, 0.717) is 35.1 Å². The van der Waals surface area contributed by atoms with E-state index in [4.69, 9.17) is 5.73 Å². The van der Waals surface area contributed by atoms with Gasteiger partial charge in [-0.3, -0.25) is 0 Å². The molecule has 3 N–H and O–H groups in total. The Kier molecular flexibility index (Phi) is 4.53. The summed E-state index contributed by atoms with van der Waals surface area (Å²) in [6, 6.07) is 7.72. The Hall–Kier alpha value is -2.76. The van der Waals surface area contributed by atoms with E-state index in [1.165, 1.54) is 6.20 Å². The van der Waals surface area contributed by atoms with Gasteiger partial charge in [-0.2, -0.15) is 0 Å². The van der Waals surface area contributed by atoms with Crippen LogP contribution in [0.5, 0.6) is 0 Å². The Morgan fingerprint density at radius 3 is 2.56 bits per heavy atom. The number of nitrogens with one attached hydrogen (secondary N) is 1. The highest BCUT2D eigenvalue weighted by atomic mass is 19.2. The zero-order valence-corrected chi connectivity index (χ0v) is 13.9. The number of hydrogen-bond acceptors (Lipinski definition) is 3. The molecule has 0 fully saturated rings. The third-order valence-corrected chi connectivity index (χ3v) is 3.88. The average molecular weight is 345 g/mol. The predicted molar refractivity (Wildman–Crippen MR) is 94.8 cm³/mol. The molecule has 0 saturated heterocycles. The number of hydrogen-bond donors (Lipinski definition) is 2. The molecule has 0 bridgehead atoms. The second kappa shape index (κ2) is 6.63. The SMILES string of the molecule is CC(C)CNc1ncc(-c2cccc(N)c2)c2c(F)c(F)c(F)cc12. The third kappa shape index (κ3) is 3.24. The van der Waals surface area contributed by atoms with Gasteiger partial charge < -0.3 is 11.1 Å². The highest BCUT2D eigenvalue weighted by molar-refractivity contribution is 6.02. The van der Waals surface area contributed by atoms with Crippen molar-refractivity contribution in [1.29, 1.82) is 0 Å². The molecule has 0 aliphatic heterocycles. The van der Waals surface area contributed by atoms with Crippen molar-refractivity contribution in [3.05, 3.63) is 54.0 Å². The van der Waals surface area contributed by atoms with Crippen molar-refractivity contribution in [2.75, 3.05) is 17.6 Å². The number of benzene rings is 2. The molecule has 0 amide bonds. The minimum atomic E-state index is -1.50. The number of nitrogen functional groups attached to an aromatic ring is 1. The first-order chi connectivity index (χ1) is 11.9. The highest BCUT2D eigenvalue weighted by Gasteiger charge is 2.20. The van der Waals surface area contributed by atoms with E-state index >= 15 is 0 Å². The summed E-state index contributed by atoms with van der Waals surface area (Å²) >= 11 is 0. The van der Waals surface area contributed by atoms with E-state index in [9.17, 15) is 13.2 Å². The molecule has 25 heavy (non-hydrogen) atoms. The first-order valence-corrected chi connectivity index (χ1v) is 7.94. The maximum atomic E-state index is 14.6. The number of nitrogens with two attached hydrogens (primary N) is 1. The molecule has 0 atom stereocenters. The summed E-state index contributed by atoms with van der Waals surface area (Å²) < 4.78 is 42.2. The van der Waals surface area contributed by atoms with Crippen LogP contribution in [0.3, 0.4) is 0 Å². The van der Waals surface area contributed by atoms with Crippen LogP contribution in [0, 0.1) is 23.4 Å². The number of pyridine rings is 1. The van der Waals surface area contributed by atoms with Crippen molar-refractivity contribution in [3.8, 4) is 11.1 Å². The highest BCUT2D eigenvalue weighted by Crippen LogP contribution is 2.36. The van der Waals surface area contributed by atoms with E-state index in [-0.39, 0.29) is 10.8 Å². The smallest absolute Gasteiger partial charge is 0.195 e. The van der Waals surface area contributed by atoms with Crippen LogP contribution >= 0.6 is 0 Å². The number of fused-ring (bicyclic) bond motifs is 1. The first kappa shape index (κ1) is 17.1. The van der Waals surface area contributed by atoms with Gasteiger partial charge in [0, 0.05) is 34.8 Å². The topological polar surface area (TPSA) is 50.9 Å². The summed E-state index contributed by atoms with van der Waals surface area (Å²) in [5.41, 5.74) is 7.20. The lowest BCUT2D eigenvalue weighted by atomic mass is 9.99. The molecular weight excluding hydrogens is 327 g/mol. The molecule has 0 aliphatic rings. The van der Waals surface area contributed by atoms with Crippen molar-refractivity contribution < 1.29 is 13.2 Å². The lowest BCUT2D eigenvalue weighted by Gasteiger charge is -2.15. The molecule has 3 aromatic rings. The molecular formula is C19H18F3N3. The van der Waals surface area contributed by atoms with Crippen molar-refractivity contribution in [1.82, 2.24) is 4.98 Å². The van der Waals surface area contributed by atoms with E-state index in [2.05, 4.69) is 10.3 Å². The lowest BCUT2D eigenvalue weighted by molar-refractivity contribution is 0.453. The number of aromatic nitrogens is 1. The second-order valence-electron chi connectivity index (χ2n) is 6.33. The molecule has 130 valence electrons. The molecule has 0 radical (unpaired) electrons. The fourth-order valence-electron chi connectivity index (χ4n) is 2.68. The maximum Gasteiger partial charge on any atom is 0.195 e. The van der Waals surface area contributed by atoms with Gasteiger partial charge in [0.2, 0.25) is 0 Å². The Morgan fingerprint density at radius 1 is 1.12 bits per heavy atom. The van der Waals surface area contributed by atoms with Crippen molar-refractivity contribution in [2.45, 2.75) is 13.8 Å². The van der Waals surface area contributed by atoms with Gasteiger partial charge in [-0.05, 0) is 29.7 Å². The minimum Gasteiger partial charge on any atom is -0.399 e. The average Bonchev–Trinajstić information content (AvgIpc) is 2.57. The zero-order valence-electron chi connectivity index (χ0n) is 13.9. The monoisotopic (exact) mass is 345 g/mol. The maximum absolute atomic E-state index is 14.6. The Balaban J connectivity index is 2.29. The van der Waals surface area contributed by atoms with Gasteiger partial charge in [0.05, 0.1) is 0 Å². The van der Waals surface area contributed by atoms with Crippen LogP contribution in [0.1, 0.15) is 13.8 Å². The van der Waals surface area contributed by atoms with Crippen LogP contribution in [0.4, 0.5) is 24.7 Å². The molecule has 2 aromatic carbocycles. The number of nitrogens with zero attached hydrogens (tertiary/aromatic N) is 1. The standard InChI is InChI=1S/C19H18F3N3/c1-10(2)8-24-19-13-7-15(20)17(21)18(22)16(13)14(9-25-19)11-4-3-5-12(23)6-11/h3-7,9-10H,8,23H2,1-2H3,(H,24,25). The molecule has 1 heterocycles. The summed E-state index contributed by atoms with van der Waals surface area (Å²) in [7, 11) is 0. The fraction of sp³-hybridized carbons (Fsp3) is 0.211. The quantitative estimate of drug-likeness (QED) is 0.518. The molecule has 0 unspecified atom stereocenters. The molecule has 0 spiro atoms.